The van der Waals surface area contributed by atoms with Crippen molar-refractivity contribution in [3.63, 3.8) is 0 Å². The molecular weight excluding hydrogens is 537 g/mol. The van der Waals surface area contributed by atoms with Crippen molar-refractivity contribution in [1.82, 2.24) is 4.57 Å². The third-order valence-corrected chi connectivity index (χ3v) is 8.45. The zero-order valence-electron chi connectivity index (χ0n) is 22.8. The van der Waals surface area contributed by atoms with Gasteiger partial charge in [0, 0.05) is 24.3 Å². The smallest absolute Gasteiger partial charge is 0.338 e. The molecular formula is C33H30FN3O3S. The first-order valence-corrected chi connectivity index (χ1v) is 14.7. The number of fused-ring (bicyclic) bond motifs is 1. The second kappa shape index (κ2) is 11.7. The van der Waals surface area contributed by atoms with Crippen LogP contribution in [-0.4, -0.2) is 30.2 Å². The number of ether oxygens (including phenoxy) is 1. The number of anilines is 1. The molecule has 1 saturated heterocycles. The van der Waals surface area contributed by atoms with Crippen LogP contribution in [0.2, 0.25) is 0 Å². The van der Waals surface area contributed by atoms with E-state index in [4.69, 9.17) is 9.73 Å². The minimum Gasteiger partial charge on any atom is -0.463 e. The lowest BCUT2D eigenvalue weighted by atomic mass is 9.93. The molecule has 6 nitrogen and oxygen atoms in total. The number of aromatic nitrogens is 1. The van der Waals surface area contributed by atoms with Gasteiger partial charge in [-0.15, -0.1) is 0 Å². The maximum atomic E-state index is 14.0. The second-order valence-electron chi connectivity index (χ2n) is 10.1. The lowest BCUT2D eigenvalue weighted by molar-refractivity contribution is -0.138. The number of rotatable bonds is 6. The molecule has 0 spiro atoms. The van der Waals surface area contributed by atoms with Crippen LogP contribution < -0.4 is 19.8 Å². The summed E-state index contributed by atoms with van der Waals surface area (Å²) in [6.45, 7) is 4.03. The fraction of sp³-hybridized carbons (Fsp3) is 0.242. The van der Waals surface area contributed by atoms with Gasteiger partial charge in [0.05, 0.1) is 28.5 Å². The standard InChI is InChI=1S/C33H30FN3O3S/c1-2-40-32(39)28-29(23-9-5-3-6-10-23)35-33-37(30(28)24-13-15-25(34)16-14-24)31(38)27(41-33)21-22-11-17-26(18-12-22)36-19-7-4-8-20-36/h3,5-6,9-18,21,30H,2,4,7-8,19-20H2,1H3/b27-21+/t30-/m1/s1. The van der Waals surface area contributed by atoms with Crippen LogP contribution in [0.15, 0.2) is 94.2 Å². The number of carbonyl (C=O) groups is 1. The summed E-state index contributed by atoms with van der Waals surface area (Å²) in [6, 6.07) is 22.7. The lowest BCUT2D eigenvalue weighted by Crippen LogP contribution is -2.40. The van der Waals surface area contributed by atoms with Crippen LogP contribution in [0.5, 0.6) is 0 Å². The van der Waals surface area contributed by atoms with Crippen LogP contribution in [0, 0.1) is 5.82 Å². The summed E-state index contributed by atoms with van der Waals surface area (Å²) in [4.78, 5) is 35.2. The molecule has 2 aliphatic rings. The molecule has 6 rings (SSSR count). The van der Waals surface area contributed by atoms with Gasteiger partial charge in [-0.1, -0.05) is 65.9 Å². The Labute approximate surface area is 241 Å². The summed E-state index contributed by atoms with van der Waals surface area (Å²) >= 11 is 1.27. The number of thiazole rings is 1. The van der Waals surface area contributed by atoms with E-state index in [1.54, 1.807) is 19.1 Å². The maximum absolute atomic E-state index is 14.0. The summed E-state index contributed by atoms with van der Waals surface area (Å²) < 4.78 is 21.4. The topological polar surface area (TPSA) is 63.9 Å². The van der Waals surface area contributed by atoms with Crippen molar-refractivity contribution in [3.8, 4) is 0 Å². The zero-order valence-corrected chi connectivity index (χ0v) is 23.6. The van der Waals surface area contributed by atoms with E-state index in [9.17, 15) is 14.0 Å². The zero-order chi connectivity index (χ0) is 28.3. The van der Waals surface area contributed by atoms with Crippen molar-refractivity contribution in [2.75, 3.05) is 24.6 Å². The average Bonchev–Trinajstić information content (AvgIpc) is 3.32. The van der Waals surface area contributed by atoms with E-state index in [0.717, 1.165) is 24.2 Å². The molecule has 0 aliphatic carbocycles. The summed E-state index contributed by atoms with van der Waals surface area (Å²) in [5.74, 6) is -0.967. The van der Waals surface area contributed by atoms with Crippen molar-refractivity contribution < 1.29 is 13.9 Å². The van der Waals surface area contributed by atoms with Crippen molar-refractivity contribution in [2.45, 2.75) is 32.2 Å². The van der Waals surface area contributed by atoms with Gasteiger partial charge in [-0.25, -0.2) is 14.2 Å². The SMILES string of the molecule is CCOC(=O)C1=C(c2ccccc2)N=c2s/c(=C/c3ccc(N4CCCCC4)cc3)c(=O)n2[C@@H]1c1ccc(F)cc1. The highest BCUT2D eigenvalue weighted by Crippen LogP contribution is 2.35. The van der Waals surface area contributed by atoms with E-state index in [0.29, 0.717) is 20.6 Å². The third kappa shape index (κ3) is 5.39. The minimum absolute atomic E-state index is 0.165. The predicted octanol–water partition coefficient (Wildman–Crippen LogP) is 5.07. The van der Waals surface area contributed by atoms with Crippen molar-refractivity contribution >= 4 is 34.8 Å². The number of carbonyl (C=O) groups excluding carboxylic acids is 1. The molecule has 41 heavy (non-hydrogen) atoms. The molecule has 4 aromatic rings. The van der Waals surface area contributed by atoms with Crippen LogP contribution in [0.4, 0.5) is 10.1 Å². The molecule has 8 heteroatoms. The summed E-state index contributed by atoms with van der Waals surface area (Å²) in [7, 11) is 0. The van der Waals surface area contributed by atoms with Crippen molar-refractivity contribution in [3.05, 3.63) is 127 Å². The molecule has 1 atom stereocenters. The van der Waals surface area contributed by atoms with E-state index >= 15 is 0 Å². The van der Waals surface area contributed by atoms with E-state index in [1.165, 1.54) is 53.0 Å². The number of halogens is 1. The van der Waals surface area contributed by atoms with Gasteiger partial charge >= 0.3 is 5.97 Å². The molecule has 3 aromatic carbocycles. The molecule has 0 N–H and O–H groups in total. The number of piperidine rings is 1. The summed E-state index contributed by atoms with van der Waals surface area (Å²) in [5, 5.41) is 0. The minimum atomic E-state index is -0.829. The van der Waals surface area contributed by atoms with Gasteiger partial charge in [-0.2, -0.15) is 0 Å². The molecule has 2 aliphatic heterocycles. The van der Waals surface area contributed by atoms with Crippen molar-refractivity contribution in [2.24, 2.45) is 4.99 Å². The van der Waals surface area contributed by atoms with Gasteiger partial charge < -0.3 is 9.64 Å². The average molecular weight is 568 g/mol. The summed E-state index contributed by atoms with van der Waals surface area (Å²) in [6.07, 6.45) is 5.55. The molecule has 0 unspecified atom stereocenters. The monoisotopic (exact) mass is 567 g/mol. The largest absolute Gasteiger partial charge is 0.463 e. The quantitative estimate of drug-likeness (QED) is 0.306. The van der Waals surface area contributed by atoms with Crippen LogP contribution in [0.3, 0.4) is 0 Å². The van der Waals surface area contributed by atoms with Gasteiger partial charge in [-0.3, -0.25) is 9.36 Å². The lowest BCUT2D eigenvalue weighted by Gasteiger charge is -2.28. The number of benzene rings is 3. The molecule has 0 saturated carbocycles. The van der Waals surface area contributed by atoms with Gasteiger partial charge in [-0.05, 0) is 67.7 Å². The van der Waals surface area contributed by atoms with E-state index < -0.39 is 17.8 Å². The van der Waals surface area contributed by atoms with Crippen LogP contribution in [0.25, 0.3) is 11.8 Å². The second-order valence-corrected chi connectivity index (χ2v) is 11.1. The highest BCUT2D eigenvalue weighted by molar-refractivity contribution is 7.07. The maximum Gasteiger partial charge on any atom is 0.338 e. The number of nitrogens with zero attached hydrogens (tertiary/aromatic N) is 3. The van der Waals surface area contributed by atoms with E-state index in [2.05, 4.69) is 17.0 Å². The van der Waals surface area contributed by atoms with Crippen LogP contribution >= 0.6 is 11.3 Å². The Hall–Kier alpha value is -4.30. The fourth-order valence-corrected chi connectivity index (χ4v) is 6.49. The molecule has 0 radical (unpaired) electrons. The Kier molecular flexibility index (Phi) is 7.65. The van der Waals surface area contributed by atoms with Gasteiger partial charge in [0.1, 0.15) is 5.82 Å². The molecule has 1 fully saturated rings. The number of esters is 1. The highest BCUT2D eigenvalue weighted by atomic mass is 32.1. The normalized spacial score (nSPS) is 17.3. The van der Waals surface area contributed by atoms with Crippen molar-refractivity contribution in [1.29, 1.82) is 0 Å². The van der Waals surface area contributed by atoms with Gasteiger partial charge in [0.15, 0.2) is 4.80 Å². The van der Waals surface area contributed by atoms with Crippen LogP contribution in [-0.2, 0) is 9.53 Å². The van der Waals surface area contributed by atoms with Crippen LogP contribution in [0.1, 0.15) is 48.9 Å². The van der Waals surface area contributed by atoms with E-state index in [1.807, 2.05) is 48.5 Å². The molecule has 0 amide bonds. The molecule has 208 valence electrons. The summed E-state index contributed by atoms with van der Waals surface area (Å²) in [5.41, 5.74) is 3.84. The highest BCUT2D eigenvalue weighted by Gasteiger charge is 2.35. The van der Waals surface area contributed by atoms with Gasteiger partial charge in [0.2, 0.25) is 0 Å². The Balaban J connectivity index is 1.51. The first kappa shape index (κ1) is 26.9. The Bertz CT molecular complexity index is 1770. The fourth-order valence-electron chi connectivity index (χ4n) is 5.49. The number of hydrogen-bond donors (Lipinski definition) is 0. The van der Waals surface area contributed by atoms with Gasteiger partial charge in [0.25, 0.3) is 5.56 Å². The Morgan fingerprint density at radius 1 is 1.00 bits per heavy atom. The first-order chi connectivity index (χ1) is 20.0. The van der Waals surface area contributed by atoms with E-state index in [-0.39, 0.29) is 17.7 Å². The predicted molar refractivity (Wildman–Crippen MR) is 160 cm³/mol. The molecule has 1 aromatic heterocycles. The third-order valence-electron chi connectivity index (χ3n) is 7.47. The first-order valence-electron chi connectivity index (χ1n) is 13.9. The Morgan fingerprint density at radius 3 is 2.39 bits per heavy atom. The molecule has 3 heterocycles. The Morgan fingerprint density at radius 2 is 1.71 bits per heavy atom. The number of hydrogen-bond acceptors (Lipinski definition) is 6. The molecule has 0 bridgehead atoms.